The SMILES string of the molecule is CC(=N)c1nc2ccc(Cl)cn2c1-c1cccc(F)c1. The molecule has 3 aromatic rings. The molecular weight excluding hydrogens is 277 g/mol. The molecule has 0 spiro atoms. The number of nitrogens with one attached hydrogen (secondary N) is 1. The molecule has 2 heterocycles. The molecule has 0 saturated heterocycles. The van der Waals surface area contributed by atoms with Crippen LogP contribution in [0.4, 0.5) is 4.39 Å². The van der Waals surface area contributed by atoms with Crippen LogP contribution in [0.3, 0.4) is 0 Å². The minimum atomic E-state index is -0.326. The van der Waals surface area contributed by atoms with Crippen molar-refractivity contribution in [3.63, 3.8) is 0 Å². The summed E-state index contributed by atoms with van der Waals surface area (Å²) in [5.74, 6) is -0.326. The lowest BCUT2D eigenvalue weighted by Gasteiger charge is -2.05. The monoisotopic (exact) mass is 287 g/mol. The van der Waals surface area contributed by atoms with Crippen LogP contribution in [0.2, 0.25) is 5.02 Å². The predicted molar refractivity (Wildman–Crippen MR) is 78.1 cm³/mol. The van der Waals surface area contributed by atoms with Gasteiger partial charge in [-0.15, -0.1) is 0 Å². The predicted octanol–water partition coefficient (Wildman–Crippen LogP) is 4.18. The molecule has 0 atom stereocenters. The van der Waals surface area contributed by atoms with Crippen molar-refractivity contribution in [3.05, 3.63) is 59.1 Å². The molecule has 0 unspecified atom stereocenters. The first-order chi connectivity index (χ1) is 9.56. The van der Waals surface area contributed by atoms with E-state index in [2.05, 4.69) is 4.98 Å². The summed E-state index contributed by atoms with van der Waals surface area (Å²) in [5.41, 5.74) is 2.87. The number of hydrogen-bond acceptors (Lipinski definition) is 2. The number of benzene rings is 1. The highest BCUT2D eigenvalue weighted by Crippen LogP contribution is 2.27. The number of aromatic nitrogens is 2. The van der Waals surface area contributed by atoms with Gasteiger partial charge < -0.3 is 5.41 Å². The molecule has 3 rings (SSSR count). The van der Waals surface area contributed by atoms with Crippen LogP contribution < -0.4 is 0 Å². The van der Waals surface area contributed by atoms with Gasteiger partial charge in [-0.05, 0) is 31.2 Å². The molecule has 2 aromatic heterocycles. The summed E-state index contributed by atoms with van der Waals surface area (Å²) in [6, 6.07) is 9.75. The van der Waals surface area contributed by atoms with Crippen LogP contribution in [0, 0.1) is 11.2 Å². The third-order valence-electron chi connectivity index (χ3n) is 3.04. The zero-order valence-corrected chi connectivity index (χ0v) is 11.4. The Labute approximate surface area is 120 Å². The standard InChI is InChI=1S/C15H11ClFN3/c1-9(18)14-15(10-3-2-4-12(17)7-10)20-8-11(16)5-6-13(20)19-14/h2-8,18H,1H3. The van der Waals surface area contributed by atoms with Crippen LogP contribution >= 0.6 is 11.6 Å². The Hall–Kier alpha value is -2.20. The normalized spacial score (nSPS) is 10.9. The molecule has 0 bridgehead atoms. The molecule has 0 aliphatic rings. The first kappa shape index (κ1) is 12.8. The summed E-state index contributed by atoms with van der Waals surface area (Å²) in [6.45, 7) is 1.66. The Morgan fingerprint density at radius 3 is 2.80 bits per heavy atom. The fourth-order valence-corrected chi connectivity index (χ4v) is 2.35. The molecule has 5 heteroatoms. The molecule has 0 saturated carbocycles. The lowest BCUT2D eigenvalue weighted by molar-refractivity contribution is 0.628. The number of hydrogen-bond donors (Lipinski definition) is 1. The maximum absolute atomic E-state index is 13.5. The average molecular weight is 288 g/mol. The van der Waals surface area contributed by atoms with E-state index < -0.39 is 0 Å². The Morgan fingerprint density at radius 2 is 2.10 bits per heavy atom. The van der Waals surface area contributed by atoms with E-state index in [-0.39, 0.29) is 5.82 Å². The maximum atomic E-state index is 13.5. The summed E-state index contributed by atoms with van der Waals surface area (Å²) < 4.78 is 15.2. The fourth-order valence-electron chi connectivity index (χ4n) is 2.19. The van der Waals surface area contributed by atoms with E-state index in [1.807, 2.05) is 0 Å². The van der Waals surface area contributed by atoms with Crippen molar-refractivity contribution in [1.82, 2.24) is 9.38 Å². The molecule has 3 nitrogen and oxygen atoms in total. The minimum Gasteiger partial charge on any atom is -0.303 e. The van der Waals surface area contributed by atoms with Gasteiger partial charge in [0.05, 0.1) is 16.4 Å². The number of imidazole rings is 1. The van der Waals surface area contributed by atoms with Crippen molar-refractivity contribution in [2.24, 2.45) is 0 Å². The van der Waals surface area contributed by atoms with Crippen LogP contribution in [0.1, 0.15) is 12.6 Å². The Kier molecular flexibility index (Phi) is 3.03. The summed E-state index contributed by atoms with van der Waals surface area (Å²) in [5, 5.41) is 8.42. The number of halogens is 2. The molecule has 0 radical (unpaired) electrons. The molecule has 0 aliphatic carbocycles. The van der Waals surface area contributed by atoms with E-state index in [1.165, 1.54) is 12.1 Å². The van der Waals surface area contributed by atoms with Crippen molar-refractivity contribution < 1.29 is 4.39 Å². The summed E-state index contributed by atoms with van der Waals surface area (Å²) in [4.78, 5) is 4.42. The molecule has 20 heavy (non-hydrogen) atoms. The van der Waals surface area contributed by atoms with Crippen molar-refractivity contribution in [3.8, 4) is 11.3 Å². The minimum absolute atomic E-state index is 0.323. The second kappa shape index (κ2) is 4.72. The average Bonchev–Trinajstić information content (AvgIpc) is 2.77. The maximum Gasteiger partial charge on any atom is 0.138 e. The molecule has 1 N–H and O–H groups in total. The smallest absolute Gasteiger partial charge is 0.138 e. The van der Waals surface area contributed by atoms with Gasteiger partial charge in [0.1, 0.15) is 17.2 Å². The lowest BCUT2D eigenvalue weighted by Crippen LogP contribution is -1.97. The Bertz CT molecular complexity index is 823. The van der Waals surface area contributed by atoms with Gasteiger partial charge in [-0.1, -0.05) is 23.7 Å². The molecule has 100 valence electrons. The largest absolute Gasteiger partial charge is 0.303 e. The number of rotatable bonds is 2. The fraction of sp³-hybridized carbons (Fsp3) is 0.0667. The first-order valence-electron chi connectivity index (χ1n) is 6.05. The summed E-state index contributed by atoms with van der Waals surface area (Å²) in [6.07, 6.45) is 1.72. The van der Waals surface area contributed by atoms with Gasteiger partial charge in [0.2, 0.25) is 0 Å². The number of nitrogens with zero attached hydrogens (tertiary/aromatic N) is 2. The number of fused-ring (bicyclic) bond motifs is 1. The molecule has 0 fully saturated rings. The highest BCUT2D eigenvalue weighted by atomic mass is 35.5. The Morgan fingerprint density at radius 1 is 1.30 bits per heavy atom. The van der Waals surface area contributed by atoms with Crippen LogP contribution in [-0.4, -0.2) is 15.1 Å². The van der Waals surface area contributed by atoms with Crippen LogP contribution in [0.25, 0.3) is 16.9 Å². The molecule has 0 amide bonds. The van der Waals surface area contributed by atoms with Gasteiger partial charge in [-0.25, -0.2) is 9.37 Å². The van der Waals surface area contributed by atoms with Gasteiger partial charge in [-0.2, -0.15) is 0 Å². The third-order valence-corrected chi connectivity index (χ3v) is 3.26. The van der Waals surface area contributed by atoms with Gasteiger partial charge >= 0.3 is 0 Å². The van der Waals surface area contributed by atoms with E-state index in [9.17, 15) is 4.39 Å². The Balaban J connectivity index is 2.39. The first-order valence-corrected chi connectivity index (χ1v) is 6.43. The third kappa shape index (κ3) is 2.08. The lowest BCUT2D eigenvalue weighted by atomic mass is 10.1. The van der Waals surface area contributed by atoms with Gasteiger partial charge in [-0.3, -0.25) is 4.40 Å². The van der Waals surface area contributed by atoms with Crippen molar-refractivity contribution in [1.29, 1.82) is 5.41 Å². The summed E-state index contributed by atoms with van der Waals surface area (Å²) in [7, 11) is 0. The van der Waals surface area contributed by atoms with Crippen molar-refractivity contribution in [2.45, 2.75) is 6.92 Å². The topological polar surface area (TPSA) is 41.2 Å². The molecule has 1 aromatic carbocycles. The van der Waals surface area contributed by atoms with Crippen LogP contribution in [0.15, 0.2) is 42.6 Å². The van der Waals surface area contributed by atoms with Gasteiger partial charge in [0.25, 0.3) is 0 Å². The molecule has 0 aliphatic heterocycles. The zero-order valence-electron chi connectivity index (χ0n) is 10.7. The zero-order chi connectivity index (χ0) is 14.3. The second-order valence-electron chi connectivity index (χ2n) is 4.52. The molecular formula is C15H11ClFN3. The highest BCUT2D eigenvalue weighted by molar-refractivity contribution is 6.30. The highest BCUT2D eigenvalue weighted by Gasteiger charge is 2.16. The van der Waals surface area contributed by atoms with Gasteiger partial charge in [0.15, 0.2) is 0 Å². The van der Waals surface area contributed by atoms with E-state index in [0.29, 0.717) is 33.3 Å². The van der Waals surface area contributed by atoms with Gasteiger partial charge in [0, 0.05) is 11.8 Å². The van der Waals surface area contributed by atoms with E-state index in [4.69, 9.17) is 17.0 Å². The van der Waals surface area contributed by atoms with Crippen LogP contribution in [0.5, 0.6) is 0 Å². The quantitative estimate of drug-likeness (QED) is 0.706. The summed E-state index contributed by atoms with van der Waals surface area (Å²) >= 11 is 6.02. The van der Waals surface area contributed by atoms with Crippen molar-refractivity contribution >= 4 is 23.0 Å². The number of pyridine rings is 1. The van der Waals surface area contributed by atoms with E-state index in [0.717, 1.165) is 0 Å². The second-order valence-corrected chi connectivity index (χ2v) is 4.96. The van der Waals surface area contributed by atoms with E-state index >= 15 is 0 Å². The van der Waals surface area contributed by atoms with E-state index in [1.54, 1.807) is 41.8 Å². The van der Waals surface area contributed by atoms with Crippen molar-refractivity contribution in [2.75, 3.05) is 0 Å². The van der Waals surface area contributed by atoms with Crippen LogP contribution in [-0.2, 0) is 0 Å².